The third kappa shape index (κ3) is 5.61. The number of rotatable bonds is 6. The molecule has 0 rings (SSSR count). The molecule has 96 valence electrons. The molecule has 0 aromatic carbocycles. The summed E-state index contributed by atoms with van der Waals surface area (Å²) in [4.78, 5) is 11.8. The van der Waals surface area contributed by atoms with Crippen molar-refractivity contribution in [1.82, 2.24) is 5.32 Å². The van der Waals surface area contributed by atoms with E-state index in [2.05, 4.69) is 5.32 Å². The standard InChI is InChI=1S/C11H24N2O2S/c1-6-11(4,5)13-10(14)9(3)16(15)7-8(2)12/h8-9H,6-7,12H2,1-5H3,(H,13,14). The van der Waals surface area contributed by atoms with E-state index < -0.39 is 16.0 Å². The van der Waals surface area contributed by atoms with Gasteiger partial charge in [-0.1, -0.05) is 6.92 Å². The predicted molar refractivity (Wildman–Crippen MR) is 68.6 cm³/mol. The zero-order valence-electron chi connectivity index (χ0n) is 10.9. The smallest absolute Gasteiger partial charge is 0.235 e. The first-order valence-corrected chi connectivity index (χ1v) is 7.02. The Morgan fingerprint density at radius 3 is 2.31 bits per heavy atom. The molecule has 0 aliphatic rings. The summed E-state index contributed by atoms with van der Waals surface area (Å²) in [5.41, 5.74) is 5.31. The lowest BCUT2D eigenvalue weighted by Gasteiger charge is -2.26. The fourth-order valence-electron chi connectivity index (χ4n) is 1.05. The SMILES string of the molecule is CCC(C)(C)NC(=O)C(C)S(=O)CC(C)N. The minimum Gasteiger partial charge on any atom is -0.350 e. The zero-order chi connectivity index (χ0) is 12.9. The molecule has 0 fully saturated rings. The molecule has 0 aliphatic carbocycles. The van der Waals surface area contributed by atoms with Crippen molar-refractivity contribution in [1.29, 1.82) is 0 Å². The van der Waals surface area contributed by atoms with Crippen LogP contribution in [0, 0.1) is 0 Å². The van der Waals surface area contributed by atoms with E-state index in [1.807, 2.05) is 20.8 Å². The topological polar surface area (TPSA) is 72.2 Å². The largest absolute Gasteiger partial charge is 0.350 e. The number of hydrogen-bond acceptors (Lipinski definition) is 3. The van der Waals surface area contributed by atoms with Gasteiger partial charge < -0.3 is 11.1 Å². The van der Waals surface area contributed by atoms with Crippen LogP contribution >= 0.6 is 0 Å². The average molecular weight is 248 g/mol. The van der Waals surface area contributed by atoms with Crippen LogP contribution in [-0.4, -0.2) is 32.7 Å². The molecule has 0 aromatic heterocycles. The van der Waals surface area contributed by atoms with Crippen molar-refractivity contribution < 1.29 is 9.00 Å². The molecule has 0 bridgehead atoms. The van der Waals surface area contributed by atoms with Gasteiger partial charge in [-0.3, -0.25) is 9.00 Å². The van der Waals surface area contributed by atoms with E-state index in [0.717, 1.165) is 6.42 Å². The van der Waals surface area contributed by atoms with Gasteiger partial charge in [-0.2, -0.15) is 0 Å². The van der Waals surface area contributed by atoms with Crippen molar-refractivity contribution in [2.24, 2.45) is 5.73 Å². The number of nitrogens with two attached hydrogens (primary N) is 1. The highest BCUT2D eigenvalue weighted by Gasteiger charge is 2.25. The number of carbonyl (C=O) groups is 1. The summed E-state index contributed by atoms with van der Waals surface area (Å²) in [5, 5.41) is 2.38. The quantitative estimate of drug-likeness (QED) is 0.729. The number of hydrogen-bond donors (Lipinski definition) is 2. The van der Waals surface area contributed by atoms with Crippen molar-refractivity contribution in [3.8, 4) is 0 Å². The lowest BCUT2D eigenvalue weighted by atomic mass is 10.0. The Morgan fingerprint density at radius 2 is 1.94 bits per heavy atom. The summed E-state index contributed by atoms with van der Waals surface area (Å²) < 4.78 is 11.7. The van der Waals surface area contributed by atoms with Crippen molar-refractivity contribution in [2.75, 3.05) is 5.75 Å². The zero-order valence-corrected chi connectivity index (χ0v) is 11.7. The summed E-state index contributed by atoms with van der Waals surface area (Å²) in [6.07, 6.45) is 0.839. The van der Waals surface area contributed by atoms with E-state index in [0.29, 0.717) is 5.75 Å². The maximum atomic E-state index is 11.8. The van der Waals surface area contributed by atoms with E-state index in [4.69, 9.17) is 5.73 Å². The third-order valence-electron chi connectivity index (χ3n) is 2.54. The summed E-state index contributed by atoms with van der Waals surface area (Å²) >= 11 is 0. The molecule has 3 atom stereocenters. The van der Waals surface area contributed by atoms with Gasteiger partial charge in [0.05, 0.1) is 0 Å². The molecular weight excluding hydrogens is 224 g/mol. The van der Waals surface area contributed by atoms with Crippen LogP contribution in [0.3, 0.4) is 0 Å². The average Bonchev–Trinajstić information content (AvgIpc) is 2.14. The Kier molecular flexibility index (Phi) is 6.18. The number of carbonyl (C=O) groups excluding carboxylic acids is 1. The summed E-state index contributed by atoms with van der Waals surface area (Å²) in [5.74, 6) is 0.201. The van der Waals surface area contributed by atoms with Crippen LogP contribution in [0.2, 0.25) is 0 Å². The minimum atomic E-state index is -1.20. The molecule has 0 heterocycles. The van der Waals surface area contributed by atoms with Crippen LogP contribution in [0.1, 0.15) is 41.0 Å². The second kappa shape index (κ2) is 6.35. The Labute approximate surface area is 101 Å². The molecular formula is C11H24N2O2S. The van der Waals surface area contributed by atoms with E-state index in [-0.39, 0.29) is 17.5 Å². The Balaban J connectivity index is 4.34. The molecule has 3 N–H and O–H groups in total. The monoisotopic (exact) mass is 248 g/mol. The number of nitrogens with one attached hydrogen (secondary N) is 1. The normalized spacial score (nSPS) is 17.6. The van der Waals surface area contributed by atoms with Crippen molar-refractivity contribution >= 4 is 16.7 Å². The third-order valence-corrected chi connectivity index (χ3v) is 4.39. The lowest BCUT2D eigenvalue weighted by Crippen LogP contribution is -2.48. The first kappa shape index (κ1) is 15.6. The van der Waals surface area contributed by atoms with Gasteiger partial charge in [0.1, 0.15) is 5.25 Å². The van der Waals surface area contributed by atoms with Gasteiger partial charge in [-0.15, -0.1) is 0 Å². The molecule has 3 unspecified atom stereocenters. The highest BCUT2D eigenvalue weighted by atomic mass is 32.2. The van der Waals surface area contributed by atoms with Crippen LogP contribution in [0.15, 0.2) is 0 Å². The van der Waals surface area contributed by atoms with Gasteiger partial charge in [0.15, 0.2) is 0 Å². The molecule has 0 saturated carbocycles. The maximum absolute atomic E-state index is 11.8. The minimum absolute atomic E-state index is 0.143. The molecule has 16 heavy (non-hydrogen) atoms. The van der Waals surface area contributed by atoms with Gasteiger partial charge in [-0.25, -0.2) is 0 Å². The summed E-state index contributed by atoms with van der Waals surface area (Å²) in [6.45, 7) is 9.38. The van der Waals surface area contributed by atoms with Gasteiger partial charge in [-0.05, 0) is 34.1 Å². The molecule has 0 aliphatic heterocycles. The molecule has 0 spiro atoms. The molecule has 0 saturated heterocycles. The lowest BCUT2D eigenvalue weighted by molar-refractivity contribution is -0.121. The maximum Gasteiger partial charge on any atom is 0.235 e. The molecule has 0 radical (unpaired) electrons. The van der Waals surface area contributed by atoms with Gasteiger partial charge in [0.2, 0.25) is 5.91 Å². The Morgan fingerprint density at radius 1 is 1.44 bits per heavy atom. The van der Waals surface area contributed by atoms with Crippen LogP contribution < -0.4 is 11.1 Å². The van der Waals surface area contributed by atoms with Crippen LogP contribution in [0.4, 0.5) is 0 Å². The Hall–Kier alpha value is -0.420. The molecule has 5 heteroatoms. The fourth-order valence-corrected chi connectivity index (χ4v) is 2.15. The molecule has 4 nitrogen and oxygen atoms in total. The van der Waals surface area contributed by atoms with E-state index in [1.54, 1.807) is 13.8 Å². The van der Waals surface area contributed by atoms with Crippen molar-refractivity contribution in [3.05, 3.63) is 0 Å². The van der Waals surface area contributed by atoms with Crippen LogP contribution in [0.5, 0.6) is 0 Å². The van der Waals surface area contributed by atoms with Crippen molar-refractivity contribution in [2.45, 2.75) is 57.9 Å². The second-order valence-electron chi connectivity index (χ2n) is 4.89. The van der Waals surface area contributed by atoms with Gasteiger partial charge >= 0.3 is 0 Å². The first-order valence-electron chi connectivity index (χ1n) is 5.64. The van der Waals surface area contributed by atoms with E-state index in [1.165, 1.54) is 0 Å². The molecule has 1 amide bonds. The first-order chi connectivity index (χ1) is 7.19. The van der Waals surface area contributed by atoms with E-state index in [9.17, 15) is 9.00 Å². The second-order valence-corrected chi connectivity index (χ2v) is 6.70. The van der Waals surface area contributed by atoms with Gasteiger partial charge in [0, 0.05) is 28.1 Å². The molecule has 0 aromatic rings. The fraction of sp³-hybridized carbons (Fsp3) is 0.909. The highest BCUT2D eigenvalue weighted by molar-refractivity contribution is 7.86. The van der Waals surface area contributed by atoms with Crippen molar-refractivity contribution in [3.63, 3.8) is 0 Å². The van der Waals surface area contributed by atoms with Crippen LogP contribution in [-0.2, 0) is 15.6 Å². The predicted octanol–water partition coefficient (Wildman–Crippen LogP) is 0.776. The van der Waals surface area contributed by atoms with E-state index >= 15 is 0 Å². The highest BCUT2D eigenvalue weighted by Crippen LogP contribution is 2.08. The van der Waals surface area contributed by atoms with Gasteiger partial charge in [0.25, 0.3) is 0 Å². The number of amides is 1. The van der Waals surface area contributed by atoms with Crippen LogP contribution in [0.25, 0.3) is 0 Å². The Bertz CT molecular complexity index is 265. The summed E-state index contributed by atoms with van der Waals surface area (Å²) in [7, 11) is -1.20. The summed E-state index contributed by atoms with van der Waals surface area (Å²) in [6, 6.07) is -0.143.